The van der Waals surface area contributed by atoms with E-state index in [-0.39, 0.29) is 0 Å². The fourth-order valence-electron chi connectivity index (χ4n) is 2.08. The molecule has 2 heterocycles. The van der Waals surface area contributed by atoms with Crippen molar-refractivity contribution in [1.29, 1.82) is 5.41 Å². The standard InChI is InChI=1S/C12H12N2S/c13-12-2-1-6-14(12)10-3-4-11-9(8-10)5-7-15-11/h3-5,7-8,13H,1-2,6H2. The van der Waals surface area contributed by atoms with Crippen molar-refractivity contribution in [3.63, 3.8) is 0 Å². The van der Waals surface area contributed by atoms with Crippen LogP contribution in [-0.2, 0) is 0 Å². The molecule has 3 heteroatoms. The molecule has 1 fully saturated rings. The zero-order valence-electron chi connectivity index (χ0n) is 8.36. The summed E-state index contributed by atoms with van der Waals surface area (Å²) in [7, 11) is 0. The lowest BCUT2D eigenvalue weighted by Crippen LogP contribution is -2.22. The molecule has 15 heavy (non-hydrogen) atoms. The van der Waals surface area contributed by atoms with Crippen molar-refractivity contribution >= 4 is 32.9 Å². The molecule has 1 aliphatic rings. The van der Waals surface area contributed by atoms with E-state index in [4.69, 9.17) is 5.41 Å². The van der Waals surface area contributed by atoms with Crippen molar-refractivity contribution in [3.8, 4) is 0 Å². The molecule has 1 N–H and O–H groups in total. The monoisotopic (exact) mass is 216 g/mol. The summed E-state index contributed by atoms with van der Waals surface area (Å²) in [6.45, 7) is 0.995. The molecule has 2 aromatic rings. The Hall–Kier alpha value is -1.35. The summed E-state index contributed by atoms with van der Waals surface area (Å²) >= 11 is 1.77. The molecule has 1 saturated heterocycles. The smallest absolute Gasteiger partial charge is 0.100 e. The average Bonchev–Trinajstić information content (AvgIpc) is 2.84. The largest absolute Gasteiger partial charge is 0.330 e. The maximum Gasteiger partial charge on any atom is 0.100 e. The second kappa shape index (κ2) is 3.35. The Morgan fingerprint density at radius 2 is 2.20 bits per heavy atom. The maximum atomic E-state index is 7.84. The molecule has 1 aromatic heterocycles. The third kappa shape index (κ3) is 1.43. The van der Waals surface area contributed by atoms with Crippen LogP contribution in [0.5, 0.6) is 0 Å². The van der Waals surface area contributed by atoms with Crippen LogP contribution in [0, 0.1) is 5.41 Å². The van der Waals surface area contributed by atoms with Crippen molar-refractivity contribution in [2.24, 2.45) is 0 Å². The minimum Gasteiger partial charge on any atom is -0.330 e. The lowest BCUT2D eigenvalue weighted by molar-refractivity contribution is 0.957. The predicted octanol–water partition coefficient (Wildman–Crippen LogP) is 3.48. The van der Waals surface area contributed by atoms with Gasteiger partial charge in [0, 0.05) is 23.4 Å². The molecule has 1 aliphatic heterocycles. The summed E-state index contributed by atoms with van der Waals surface area (Å²) in [4.78, 5) is 2.11. The Balaban J connectivity index is 2.06. The third-order valence-corrected chi connectivity index (χ3v) is 3.77. The van der Waals surface area contributed by atoms with E-state index in [0.29, 0.717) is 0 Å². The van der Waals surface area contributed by atoms with Gasteiger partial charge in [0.05, 0.1) is 0 Å². The average molecular weight is 216 g/mol. The molecular weight excluding hydrogens is 204 g/mol. The van der Waals surface area contributed by atoms with Gasteiger partial charge in [-0.05, 0) is 41.5 Å². The van der Waals surface area contributed by atoms with E-state index in [9.17, 15) is 0 Å². The minimum atomic E-state index is 0.754. The highest BCUT2D eigenvalue weighted by Crippen LogP contribution is 2.28. The van der Waals surface area contributed by atoms with Gasteiger partial charge in [-0.25, -0.2) is 0 Å². The van der Waals surface area contributed by atoms with Crippen molar-refractivity contribution in [2.45, 2.75) is 12.8 Å². The van der Waals surface area contributed by atoms with Crippen molar-refractivity contribution in [1.82, 2.24) is 0 Å². The molecule has 1 aromatic carbocycles. The quantitative estimate of drug-likeness (QED) is 0.776. The number of nitrogens with zero attached hydrogens (tertiary/aromatic N) is 1. The van der Waals surface area contributed by atoms with Crippen LogP contribution in [0.1, 0.15) is 12.8 Å². The Kier molecular flexibility index (Phi) is 1.99. The topological polar surface area (TPSA) is 27.1 Å². The van der Waals surface area contributed by atoms with Gasteiger partial charge in [0.15, 0.2) is 0 Å². The first-order valence-corrected chi connectivity index (χ1v) is 6.05. The number of thiophene rings is 1. The van der Waals surface area contributed by atoms with Crippen LogP contribution in [0.4, 0.5) is 5.69 Å². The Bertz CT molecular complexity index is 515. The van der Waals surface area contributed by atoms with Crippen molar-refractivity contribution in [3.05, 3.63) is 29.6 Å². The number of nitrogens with one attached hydrogen (secondary N) is 1. The molecule has 3 rings (SSSR count). The Labute approximate surface area is 92.7 Å². The summed E-state index contributed by atoms with van der Waals surface area (Å²) in [6.07, 6.45) is 2.03. The van der Waals surface area contributed by atoms with Gasteiger partial charge in [-0.2, -0.15) is 0 Å². The summed E-state index contributed by atoms with van der Waals surface area (Å²) in [5.41, 5.74) is 1.17. The molecule has 76 valence electrons. The number of benzene rings is 1. The van der Waals surface area contributed by atoms with Gasteiger partial charge in [-0.1, -0.05) is 0 Å². The van der Waals surface area contributed by atoms with Gasteiger partial charge in [0.1, 0.15) is 5.84 Å². The second-order valence-corrected chi connectivity index (χ2v) is 4.79. The van der Waals surface area contributed by atoms with Crippen LogP contribution in [0.15, 0.2) is 29.6 Å². The first-order valence-electron chi connectivity index (χ1n) is 5.17. The van der Waals surface area contributed by atoms with E-state index < -0.39 is 0 Å². The van der Waals surface area contributed by atoms with Crippen LogP contribution in [0.25, 0.3) is 10.1 Å². The molecule has 0 unspecified atom stereocenters. The van der Waals surface area contributed by atoms with Gasteiger partial charge in [-0.3, -0.25) is 5.41 Å². The number of rotatable bonds is 1. The number of hydrogen-bond donors (Lipinski definition) is 1. The van der Waals surface area contributed by atoms with Gasteiger partial charge in [0.2, 0.25) is 0 Å². The lowest BCUT2D eigenvalue weighted by atomic mass is 10.2. The highest BCUT2D eigenvalue weighted by molar-refractivity contribution is 7.17. The molecule has 0 spiro atoms. The van der Waals surface area contributed by atoms with Crippen molar-refractivity contribution < 1.29 is 0 Å². The zero-order valence-corrected chi connectivity index (χ0v) is 9.18. The first kappa shape index (κ1) is 8.92. The van der Waals surface area contributed by atoms with Gasteiger partial charge >= 0.3 is 0 Å². The van der Waals surface area contributed by atoms with Gasteiger partial charge in [0.25, 0.3) is 0 Å². The normalized spacial score (nSPS) is 16.5. The Morgan fingerprint density at radius 1 is 1.27 bits per heavy atom. The third-order valence-electron chi connectivity index (χ3n) is 2.87. The summed E-state index contributed by atoms with van der Waals surface area (Å²) < 4.78 is 1.32. The summed E-state index contributed by atoms with van der Waals surface area (Å²) in [5, 5.41) is 11.2. The fraction of sp³-hybridized carbons (Fsp3) is 0.250. The molecule has 0 bridgehead atoms. The molecule has 0 radical (unpaired) electrons. The molecule has 2 nitrogen and oxygen atoms in total. The number of hydrogen-bond acceptors (Lipinski definition) is 2. The second-order valence-electron chi connectivity index (χ2n) is 3.84. The lowest BCUT2D eigenvalue weighted by Gasteiger charge is -2.17. The van der Waals surface area contributed by atoms with Crippen LogP contribution in [0.3, 0.4) is 0 Å². The van der Waals surface area contributed by atoms with Gasteiger partial charge in [-0.15, -0.1) is 11.3 Å². The van der Waals surface area contributed by atoms with Crippen LogP contribution < -0.4 is 4.90 Å². The number of fused-ring (bicyclic) bond motifs is 1. The van der Waals surface area contributed by atoms with Crippen LogP contribution in [-0.4, -0.2) is 12.4 Å². The Morgan fingerprint density at radius 3 is 3.00 bits per heavy atom. The summed E-state index contributed by atoms with van der Waals surface area (Å²) in [5.74, 6) is 0.754. The molecule has 0 atom stereocenters. The van der Waals surface area contributed by atoms with Crippen LogP contribution >= 0.6 is 11.3 Å². The number of anilines is 1. The SMILES string of the molecule is N=C1CCCN1c1ccc2sccc2c1. The molecule has 0 amide bonds. The predicted molar refractivity (Wildman–Crippen MR) is 66.1 cm³/mol. The van der Waals surface area contributed by atoms with E-state index in [1.54, 1.807) is 11.3 Å². The molecule has 0 saturated carbocycles. The maximum absolute atomic E-state index is 7.84. The van der Waals surface area contributed by atoms with E-state index >= 15 is 0 Å². The highest BCUT2D eigenvalue weighted by Gasteiger charge is 2.18. The van der Waals surface area contributed by atoms with Gasteiger partial charge < -0.3 is 4.90 Å². The van der Waals surface area contributed by atoms with E-state index in [2.05, 4.69) is 34.5 Å². The molecule has 0 aliphatic carbocycles. The first-order chi connectivity index (χ1) is 7.34. The van der Waals surface area contributed by atoms with Crippen LogP contribution in [0.2, 0.25) is 0 Å². The van der Waals surface area contributed by atoms with E-state index in [0.717, 1.165) is 25.2 Å². The van der Waals surface area contributed by atoms with E-state index in [1.807, 2.05) is 0 Å². The molecular formula is C12H12N2S. The zero-order chi connectivity index (χ0) is 10.3. The van der Waals surface area contributed by atoms with E-state index in [1.165, 1.54) is 15.8 Å². The minimum absolute atomic E-state index is 0.754. The highest BCUT2D eigenvalue weighted by atomic mass is 32.1. The summed E-state index contributed by atoms with van der Waals surface area (Å²) in [6, 6.07) is 8.61. The number of amidine groups is 1. The van der Waals surface area contributed by atoms with Crippen molar-refractivity contribution in [2.75, 3.05) is 11.4 Å². The fourth-order valence-corrected chi connectivity index (χ4v) is 2.85.